The highest BCUT2D eigenvalue weighted by molar-refractivity contribution is 5.92. The molecule has 112 valence electrons. The molecule has 1 aromatic heterocycles. The number of amides is 1. The predicted octanol–water partition coefficient (Wildman–Crippen LogP) is 2.71. The Morgan fingerprint density at radius 2 is 2.10 bits per heavy atom. The lowest BCUT2D eigenvalue weighted by molar-refractivity contribution is 0.0935. The minimum Gasteiger partial charge on any atom is -0.446 e. The molecule has 5 nitrogen and oxygen atoms in total. The van der Waals surface area contributed by atoms with Crippen molar-refractivity contribution in [3.05, 3.63) is 53.5 Å². The summed E-state index contributed by atoms with van der Waals surface area (Å²) in [7, 11) is 0. The lowest BCUT2D eigenvalue weighted by atomic mass is 10.1. The Bertz CT molecular complexity index is 610. The first-order valence-corrected chi connectivity index (χ1v) is 6.78. The van der Waals surface area contributed by atoms with Gasteiger partial charge in [0, 0.05) is 0 Å². The van der Waals surface area contributed by atoms with Crippen molar-refractivity contribution < 1.29 is 13.6 Å². The molecule has 0 aliphatic carbocycles. The molecule has 2 unspecified atom stereocenters. The predicted molar refractivity (Wildman–Crippen MR) is 76.0 cm³/mol. The third-order valence-electron chi connectivity index (χ3n) is 3.23. The zero-order chi connectivity index (χ0) is 15.4. The maximum absolute atomic E-state index is 12.9. The SMILES string of the molecule is CCC(N)c1nc(C(=O)NC(C)c2ccc(F)cc2)co1. The van der Waals surface area contributed by atoms with Crippen LogP contribution in [0.25, 0.3) is 0 Å². The summed E-state index contributed by atoms with van der Waals surface area (Å²) in [5.41, 5.74) is 6.78. The summed E-state index contributed by atoms with van der Waals surface area (Å²) in [6.45, 7) is 3.72. The fraction of sp³-hybridized carbons (Fsp3) is 0.333. The van der Waals surface area contributed by atoms with Crippen LogP contribution >= 0.6 is 0 Å². The Hall–Kier alpha value is -2.21. The van der Waals surface area contributed by atoms with Gasteiger partial charge in [-0.05, 0) is 31.0 Å². The van der Waals surface area contributed by atoms with Crippen LogP contribution in [0.1, 0.15) is 54.3 Å². The topological polar surface area (TPSA) is 81.1 Å². The van der Waals surface area contributed by atoms with Gasteiger partial charge in [0.2, 0.25) is 5.89 Å². The van der Waals surface area contributed by atoms with E-state index in [0.717, 1.165) is 5.56 Å². The molecule has 0 spiro atoms. The molecule has 0 fully saturated rings. The Labute approximate surface area is 122 Å². The van der Waals surface area contributed by atoms with Crippen molar-refractivity contribution in [3.8, 4) is 0 Å². The standard InChI is InChI=1S/C15H18FN3O2/c1-3-12(17)15-19-13(8-21-15)14(20)18-9(2)10-4-6-11(16)7-5-10/h4-9,12H,3,17H2,1-2H3,(H,18,20). The van der Waals surface area contributed by atoms with E-state index >= 15 is 0 Å². The van der Waals surface area contributed by atoms with E-state index in [1.807, 2.05) is 13.8 Å². The number of halogens is 1. The molecule has 0 bridgehead atoms. The molecule has 0 radical (unpaired) electrons. The smallest absolute Gasteiger partial charge is 0.273 e. The Balaban J connectivity index is 2.03. The molecule has 2 rings (SSSR count). The summed E-state index contributed by atoms with van der Waals surface area (Å²) in [4.78, 5) is 16.1. The summed E-state index contributed by atoms with van der Waals surface area (Å²) in [5, 5.41) is 2.78. The lowest BCUT2D eigenvalue weighted by Gasteiger charge is -2.13. The zero-order valence-electron chi connectivity index (χ0n) is 12.0. The second kappa shape index (κ2) is 6.49. The van der Waals surface area contributed by atoms with Gasteiger partial charge < -0.3 is 15.5 Å². The molecule has 1 amide bonds. The molecule has 21 heavy (non-hydrogen) atoms. The van der Waals surface area contributed by atoms with E-state index in [1.54, 1.807) is 12.1 Å². The van der Waals surface area contributed by atoms with Gasteiger partial charge in [0.1, 0.15) is 12.1 Å². The number of nitrogens with zero attached hydrogens (tertiary/aromatic N) is 1. The Morgan fingerprint density at radius 1 is 1.43 bits per heavy atom. The van der Waals surface area contributed by atoms with Crippen LogP contribution in [0.15, 0.2) is 34.9 Å². The van der Waals surface area contributed by atoms with Crippen LogP contribution < -0.4 is 11.1 Å². The molecule has 0 saturated heterocycles. The van der Waals surface area contributed by atoms with E-state index < -0.39 is 0 Å². The minimum absolute atomic E-state index is 0.183. The van der Waals surface area contributed by atoms with Crippen molar-refractivity contribution in [2.24, 2.45) is 5.73 Å². The fourth-order valence-electron chi connectivity index (χ4n) is 1.84. The van der Waals surface area contributed by atoms with Crippen LogP contribution in [0.4, 0.5) is 4.39 Å². The van der Waals surface area contributed by atoms with Gasteiger partial charge in [0.25, 0.3) is 5.91 Å². The number of hydrogen-bond acceptors (Lipinski definition) is 4. The minimum atomic E-state index is -0.356. The first kappa shape index (κ1) is 15.2. The lowest BCUT2D eigenvalue weighted by Crippen LogP contribution is -2.27. The van der Waals surface area contributed by atoms with Crippen LogP contribution in [0.2, 0.25) is 0 Å². The number of benzene rings is 1. The van der Waals surface area contributed by atoms with Gasteiger partial charge in [0.15, 0.2) is 5.69 Å². The Kier molecular flexibility index (Phi) is 4.70. The van der Waals surface area contributed by atoms with Crippen molar-refractivity contribution >= 4 is 5.91 Å². The van der Waals surface area contributed by atoms with Crippen molar-refractivity contribution in [3.63, 3.8) is 0 Å². The molecular formula is C15H18FN3O2. The van der Waals surface area contributed by atoms with Gasteiger partial charge in [-0.15, -0.1) is 0 Å². The molecule has 1 aromatic carbocycles. The molecule has 0 aliphatic heterocycles. The molecule has 2 aromatic rings. The fourth-order valence-corrected chi connectivity index (χ4v) is 1.84. The molecule has 0 aliphatic rings. The normalized spacial score (nSPS) is 13.7. The molecule has 1 heterocycles. The quantitative estimate of drug-likeness (QED) is 0.887. The van der Waals surface area contributed by atoms with Crippen LogP contribution in [0.5, 0.6) is 0 Å². The van der Waals surface area contributed by atoms with Crippen molar-refractivity contribution in [2.45, 2.75) is 32.4 Å². The van der Waals surface area contributed by atoms with Gasteiger partial charge in [0.05, 0.1) is 12.1 Å². The number of carbonyl (C=O) groups excluding carboxylic acids is 1. The molecule has 6 heteroatoms. The van der Waals surface area contributed by atoms with Gasteiger partial charge in [-0.2, -0.15) is 0 Å². The van der Waals surface area contributed by atoms with Crippen LogP contribution in [-0.4, -0.2) is 10.9 Å². The first-order valence-electron chi connectivity index (χ1n) is 6.78. The second-order valence-corrected chi connectivity index (χ2v) is 4.83. The van der Waals surface area contributed by atoms with Gasteiger partial charge in [-0.1, -0.05) is 19.1 Å². The first-order chi connectivity index (χ1) is 10.0. The molecule has 0 saturated carbocycles. The van der Waals surface area contributed by atoms with E-state index in [0.29, 0.717) is 12.3 Å². The third kappa shape index (κ3) is 3.66. The summed E-state index contributed by atoms with van der Waals surface area (Å²) < 4.78 is 18.1. The van der Waals surface area contributed by atoms with E-state index in [2.05, 4.69) is 10.3 Å². The average molecular weight is 291 g/mol. The van der Waals surface area contributed by atoms with Gasteiger partial charge in [-0.25, -0.2) is 9.37 Å². The summed E-state index contributed by atoms with van der Waals surface area (Å²) in [5.74, 6) is -0.325. The number of carbonyl (C=O) groups is 1. The summed E-state index contributed by atoms with van der Waals surface area (Å²) in [6.07, 6.45) is 1.96. The Morgan fingerprint density at radius 3 is 2.71 bits per heavy atom. The maximum atomic E-state index is 12.9. The summed E-state index contributed by atoms with van der Waals surface area (Å²) >= 11 is 0. The average Bonchev–Trinajstić information content (AvgIpc) is 2.97. The largest absolute Gasteiger partial charge is 0.446 e. The highest BCUT2D eigenvalue weighted by atomic mass is 19.1. The van der Waals surface area contributed by atoms with Crippen molar-refractivity contribution in [1.29, 1.82) is 0 Å². The number of oxazole rings is 1. The van der Waals surface area contributed by atoms with E-state index in [1.165, 1.54) is 18.4 Å². The summed E-state index contributed by atoms with van der Waals surface area (Å²) in [6, 6.07) is 5.38. The van der Waals surface area contributed by atoms with E-state index in [9.17, 15) is 9.18 Å². The van der Waals surface area contributed by atoms with Gasteiger partial charge >= 0.3 is 0 Å². The number of nitrogens with two attached hydrogens (primary N) is 1. The highest BCUT2D eigenvalue weighted by Gasteiger charge is 2.17. The molecule has 3 N–H and O–H groups in total. The zero-order valence-corrected chi connectivity index (χ0v) is 12.0. The van der Waals surface area contributed by atoms with Crippen LogP contribution in [0, 0.1) is 5.82 Å². The number of rotatable bonds is 5. The van der Waals surface area contributed by atoms with Crippen molar-refractivity contribution in [1.82, 2.24) is 10.3 Å². The monoisotopic (exact) mass is 291 g/mol. The number of hydrogen-bond donors (Lipinski definition) is 2. The molecule has 2 atom stereocenters. The highest BCUT2D eigenvalue weighted by Crippen LogP contribution is 2.16. The maximum Gasteiger partial charge on any atom is 0.273 e. The van der Waals surface area contributed by atoms with E-state index in [4.69, 9.17) is 10.2 Å². The van der Waals surface area contributed by atoms with Gasteiger partial charge in [-0.3, -0.25) is 4.79 Å². The van der Waals surface area contributed by atoms with Crippen LogP contribution in [0.3, 0.4) is 0 Å². The van der Waals surface area contributed by atoms with Crippen molar-refractivity contribution in [2.75, 3.05) is 0 Å². The second-order valence-electron chi connectivity index (χ2n) is 4.83. The third-order valence-corrected chi connectivity index (χ3v) is 3.23. The number of aromatic nitrogens is 1. The number of nitrogens with one attached hydrogen (secondary N) is 1. The van der Waals surface area contributed by atoms with E-state index in [-0.39, 0.29) is 29.5 Å². The van der Waals surface area contributed by atoms with Crippen LogP contribution in [-0.2, 0) is 0 Å². The molecular weight excluding hydrogens is 273 g/mol.